The Kier molecular flexibility index (Phi) is 15.9. The van der Waals surface area contributed by atoms with Gasteiger partial charge in [-0.1, -0.05) is 59.8 Å². The van der Waals surface area contributed by atoms with Gasteiger partial charge in [-0.2, -0.15) is 0 Å². The van der Waals surface area contributed by atoms with E-state index < -0.39 is 0 Å². The van der Waals surface area contributed by atoms with Crippen molar-refractivity contribution in [1.29, 1.82) is 0 Å². The van der Waals surface area contributed by atoms with Crippen LogP contribution in [0, 0.1) is 0 Å². The molecular formula is C20H42N2O. The molecule has 0 aromatic carbocycles. The quantitative estimate of drug-likeness (QED) is 0.533. The molecule has 1 aliphatic rings. The third-order valence-corrected chi connectivity index (χ3v) is 4.58. The van der Waals surface area contributed by atoms with Crippen molar-refractivity contribution >= 4 is 5.91 Å². The maximum atomic E-state index is 11.9. The van der Waals surface area contributed by atoms with E-state index in [0.717, 1.165) is 38.5 Å². The molecule has 0 aliphatic heterocycles. The maximum Gasteiger partial charge on any atom is 0.222 e. The van der Waals surface area contributed by atoms with E-state index in [1.54, 1.807) is 0 Å². The summed E-state index contributed by atoms with van der Waals surface area (Å²) in [6.07, 6.45) is 13.6. The van der Waals surface area contributed by atoms with Gasteiger partial charge in [0.15, 0.2) is 0 Å². The van der Waals surface area contributed by atoms with Gasteiger partial charge in [-0.25, -0.2) is 0 Å². The van der Waals surface area contributed by atoms with Crippen molar-refractivity contribution in [2.24, 2.45) is 0 Å². The molecule has 0 aromatic rings. The van der Waals surface area contributed by atoms with Crippen LogP contribution in [0.4, 0.5) is 0 Å². The molecule has 3 heteroatoms. The van der Waals surface area contributed by atoms with Crippen LogP contribution in [0.5, 0.6) is 0 Å². The van der Waals surface area contributed by atoms with Gasteiger partial charge in [0.1, 0.15) is 0 Å². The molecule has 23 heavy (non-hydrogen) atoms. The normalized spacial score (nSPS) is 15.0. The van der Waals surface area contributed by atoms with Gasteiger partial charge in [-0.3, -0.25) is 4.79 Å². The van der Waals surface area contributed by atoms with Gasteiger partial charge in [0.05, 0.1) is 0 Å². The van der Waals surface area contributed by atoms with E-state index in [1.165, 1.54) is 51.4 Å². The Balaban J connectivity index is 0.00000232. The minimum absolute atomic E-state index is 0.323. The van der Waals surface area contributed by atoms with Crippen molar-refractivity contribution in [3.8, 4) is 0 Å². The van der Waals surface area contributed by atoms with Gasteiger partial charge >= 0.3 is 0 Å². The molecular weight excluding hydrogens is 284 g/mol. The van der Waals surface area contributed by atoms with Gasteiger partial charge in [0.2, 0.25) is 5.91 Å². The molecule has 138 valence electrons. The third-order valence-electron chi connectivity index (χ3n) is 4.58. The van der Waals surface area contributed by atoms with Crippen LogP contribution in [-0.4, -0.2) is 36.5 Å². The summed E-state index contributed by atoms with van der Waals surface area (Å²) in [4.78, 5) is 13.9. The first-order valence-electron chi connectivity index (χ1n) is 10.3. The summed E-state index contributed by atoms with van der Waals surface area (Å²) in [5, 5.41) is 3.70. The number of hydrogen-bond donors (Lipinski definition) is 1. The second-order valence-electron chi connectivity index (χ2n) is 6.44. The summed E-state index contributed by atoms with van der Waals surface area (Å²) in [5.74, 6) is 0.323. The molecule has 0 bridgehead atoms. The lowest BCUT2D eigenvalue weighted by atomic mass is 9.95. The first-order valence-corrected chi connectivity index (χ1v) is 10.3. The molecule has 1 N–H and O–H groups in total. The Bertz CT molecular complexity index is 262. The van der Waals surface area contributed by atoms with Crippen LogP contribution >= 0.6 is 0 Å². The summed E-state index contributed by atoms with van der Waals surface area (Å²) in [7, 11) is 0. The van der Waals surface area contributed by atoms with E-state index in [1.807, 2.05) is 20.8 Å². The number of carbonyl (C=O) groups excluding carboxylic acids is 1. The van der Waals surface area contributed by atoms with E-state index >= 15 is 0 Å². The van der Waals surface area contributed by atoms with Crippen LogP contribution in [0.1, 0.15) is 98.3 Å². The number of nitrogens with zero attached hydrogens (tertiary/aromatic N) is 1. The van der Waals surface area contributed by atoms with Crippen LogP contribution < -0.4 is 5.32 Å². The molecule has 1 aliphatic carbocycles. The number of carbonyl (C=O) groups is 1. The highest BCUT2D eigenvalue weighted by molar-refractivity contribution is 5.75. The molecule has 0 radical (unpaired) electrons. The van der Waals surface area contributed by atoms with Gasteiger partial charge < -0.3 is 10.2 Å². The molecule has 3 nitrogen and oxygen atoms in total. The second kappa shape index (κ2) is 16.3. The van der Waals surface area contributed by atoms with Crippen molar-refractivity contribution in [1.82, 2.24) is 10.2 Å². The van der Waals surface area contributed by atoms with Crippen molar-refractivity contribution in [2.45, 2.75) is 104 Å². The summed E-state index contributed by atoms with van der Waals surface area (Å²) >= 11 is 0. The molecule has 1 amide bonds. The van der Waals surface area contributed by atoms with Crippen molar-refractivity contribution in [3.05, 3.63) is 0 Å². The van der Waals surface area contributed by atoms with Gasteiger partial charge in [-0.15, -0.1) is 0 Å². The Hall–Kier alpha value is -0.570. The fourth-order valence-corrected chi connectivity index (χ4v) is 3.15. The van der Waals surface area contributed by atoms with E-state index in [4.69, 9.17) is 0 Å². The monoisotopic (exact) mass is 326 g/mol. The molecule has 0 aromatic heterocycles. The summed E-state index contributed by atoms with van der Waals surface area (Å²) in [5.41, 5.74) is 0. The standard InChI is InChI=1S/C18H36N2O.C2H6/c1-3-5-15-20(18(21)4-2)16-11-7-10-14-19-17-12-8-6-9-13-17;1-2/h17,19H,3-16H2,1-2H3;1-2H3. The smallest absolute Gasteiger partial charge is 0.222 e. The molecule has 0 unspecified atom stereocenters. The third kappa shape index (κ3) is 11.6. The zero-order valence-corrected chi connectivity index (χ0v) is 16.3. The zero-order valence-electron chi connectivity index (χ0n) is 16.3. The minimum atomic E-state index is 0.323. The van der Waals surface area contributed by atoms with Crippen LogP contribution in [0.25, 0.3) is 0 Å². The number of amides is 1. The van der Waals surface area contributed by atoms with E-state index in [0.29, 0.717) is 12.3 Å². The predicted molar refractivity (Wildman–Crippen MR) is 102 cm³/mol. The average molecular weight is 327 g/mol. The van der Waals surface area contributed by atoms with Crippen LogP contribution in [-0.2, 0) is 4.79 Å². The molecule has 0 spiro atoms. The van der Waals surface area contributed by atoms with E-state index in [2.05, 4.69) is 17.1 Å². The number of nitrogens with one attached hydrogen (secondary N) is 1. The lowest BCUT2D eigenvalue weighted by molar-refractivity contribution is -0.131. The second-order valence-corrected chi connectivity index (χ2v) is 6.44. The highest BCUT2D eigenvalue weighted by atomic mass is 16.2. The van der Waals surface area contributed by atoms with Gasteiger partial charge in [0.25, 0.3) is 0 Å². The number of hydrogen-bond acceptors (Lipinski definition) is 2. The molecule has 0 saturated heterocycles. The molecule has 1 saturated carbocycles. The first-order chi connectivity index (χ1) is 11.3. The average Bonchev–Trinajstić information content (AvgIpc) is 2.62. The highest BCUT2D eigenvalue weighted by Crippen LogP contribution is 2.17. The van der Waals surface area contributed by atoms with Gasteiger partial charge in [0, 0.05) is 25.6 Å². The van der Waals surface area contributed by atoms with Crippen molar-refractivity contribution in [3.63, 3.8) is 0 Å². The van der Waals surface area contributed by atoms with Gasteiger partial charge in [-0.05, 0) is 38.6 Å². The Morgan fingerprint density at radius 2 is 1.61 bits per heavy atom. The molecule has 0 heterocycles. The van der Waals surface area contributed by atoms with Crippen LogP contribution in [0.2, 0.25) is 0 Å². The maximum absolute atomic E-state index is 11.9. The predicted octanol–water partition coefficient (Wildman–Crippen LogP) is 5.14. The lowest BCUT2D eigenvalue weighted by Gasteiger charge is -2.23. The summed E-state index contributed by atoms with van der Waals surface area (Å²) in [6, 6.07) is 0.779. The largest absolute Gasteiger partial charge is 0.343 e. The fraction of sp³-hybridized carbons (Fsp3) is 0.950. The van der Waals surface area contributed by atoms with Crippen molar-refractivity contribution < 1.29 is 4.79 Å². The number of rotatable bonds is 11. The first kappa shape index (κ1) is 22.4. The Labute approximate surface area is 145 Å². The zero-order chi connectivity index (χ0) is 17.3. The Morgan fingerprint density at radius 3 is 2.22 bits per heavy atom. The van der Waals surface area contributed by atoms with E-state index in [9.17, 15) is 4.79 Å². The highest BCUT2D eigenvalue weighted by Gasteiger charge is 2.12. The van der Waals surface area contributed by atoms with Crippen LogP contribution in [0.3, 0.4) is 0 Å². The lowest BCUT2D eigenvalue weighted by Crippen LogP contribution is -2.33. The molecule has 1 fully saturated rings. The number of unbranched alkanes of at least 4 members (excludes halogenated alkanes) is 3. The molecule has 0 atom stereocenters. The van der Waals surface area contributed by atoms with E-state index in [-0.39, 0.29) is 0 Å². The van der Waals surface area contributed by atoms with Crippen molar-refractivity contribution in [2.75, 3.05) is 19.6 Å². The SMILES string of the molecule is CC.CCCCN(CCCCCNC1CCCCC1)C(=O)CC. The molecule has 1 rings (SSSR count). The van der Waals surface area contributed by atoms with Crippen LogP contribution in [0.15, 0.2) is 0 Å². The topological polar surface area (TPSA) is 32.3 Å². The summed E-state index contributed by atoms with van der Waals surface area (Å²) in [6.45, 7) is 11.2. The Morgan fingerprint density at radius 1 is 0.957 bits per heavy atom. The fourth-order valence-electron chi connectivity index (χ4n) is 3.15. The summed E-state index contributed by atoms with van der Waals surface area (Å²) < 4.78 is 0. The minimum Gasteiger partial charge on any atom is -0.343 e.